The summed E-state index contributed by atoms with van der Waals surface area (Å²) >= 11 is 1.76. The maximum absolute atomic E-state index is 11.6. The Labute approximate surface area is 117 Å². The van der Waals surface area contributed by atoms with E-state index >= 15 is 0 Å². The number of hydrogen-bond acceptors (Lipinski definition) is 3. The second-order valence-corrected chi connectivity index (χ2v) is 5.75. The molecule has 0 radical (unpaired) electrons. The number of nitrogens with zero attached hydrogens (tertiary/aromatic N) is 1. The van der Waals surface area contributed by atoms with Gasteiger partial charge in [-0.25, -0.2) is 0 Å². The number of nitrogen functional groups attached to an aromatic ring is 1. The fraction of sp³-hybridized carbons (Fsp3) is 0.267. The number of aryl methyl sites for hydroxylation is 3. The average molecular weight is 274 g/mol. The van der Waals surface area contributed by atoms with Gasteiger partial charge in [-0.1, -0.05) is 17.7 Å². The molecule has 2 rings (SSSR count). The van der Waals surface area contributed by atoms with Crippen molar-refractivity contribution in [3.8, 4) is 0 Å². The van der Waals surface area contributed by atoms with Gasteiger partial charge in [0, 0.05) is 35.1 Å². The van der Waals surface area contributed by atoms with E-state index in [9.17, 15) is 4.79 Å². The van der Waals surface area contributed by atoms with E-state index in [0.29, 0.717) is 12.2 Å². The van der Waals surface area contributed by atoms with Crippen LogP contribution in [0.1, 0.15) is 11.1 Å². The van der Waals surface area contributed by atoms with Gasteiger partial charge in [0.05, 0.1) is 0 Å². The topological polar surface area (TPSA) is 48.0 Å². The largest absolute Gasteiger partial charge is 0.398 e. The lowest BCUT2D eigenvalue weighted by Gasteiger charge is -2.08. The maximum atomic E-state index is 11.6. The highest BCUT2D eigenvalue weighted by atomic mass is 32.2. The smallest absolute Gasteiger partial charge is 0.250 e. The minimum Gasteiger partial charge on any atom is -0.398 e. The van der Waals surface area contributed by atoms with E-state index in [2.05, 4.69) is 32.0 Å². The standard InChI is InChI=1S/C15H18N2OS/c1-11-3-5-14(12(2)9-11)19-8-7-17-10-13(16)4-6-15(17)18/h3-6,9-10H,7-8,16H2,1-2H3. The van der Waals surface area contributed by atoms with Gasteiger partial charge in [0.2, 0.25) is 0 Å². The van der Waals surface area contributed by atoms with Crippen molar-refractivity contribution < 1.29 is 0 Å². The summed E-state index contributed by atoms with van der Waals surface area (Å²) in [6.45, 7) is 4.87. The summed E-state index contributed by atoms with van der Waals surface area (Å²) in [5, 5.41) is 0. The summed E-state index contributed by atoms with van der Waals surface area (Å²) in [6, 6.07) is 9.57. The molecule has 100 valence electrons. The summed E-state index contributed by atoms with van der Waals surface area (Å²) in [5.41, 5.74) is 8.86. The van der Waals surface area contributed by atoms with Gasteiger partial charge in [0.25, 0.3) is 5.56 Å². The van der Waals surface area contributed by atoms with E-state index in [0.717, 1.165) is 5.75 Å². The number of rotatable bonds is 4. The first kappa shape index (κ1) is 13.7. The summed E-state index contributed by atoms with van der Waals surface area (Å²) in [7, 11) is 0. The molecule has 3 nitrogen and oxygen atoms in total. The zero-order chi connectivity index (χ0) is 13.8. The molecule has 0 aliphatic heterocycles. The molecule has 0 spiro atoms. The molecule has 0 amide bonds. The van der Waals surface area contributed by atoms with E-state index in [1.54, 1.807) is 28.6 Å². The van der Waals surface area contributed by atoms with Crippen LogP contribution in [0.2, 0.25) is 0 Å². The van der Waals surface area contributed by atoms with Crippen LogP contribution in [0.3, 0.4) is 0 Å². The first-order valence-corrected chi connectivity index (χ1v) is 7.21. The van der Waals surface area contributed by atoms with Crippen LogP contribution >= 0.6 is 11.8 Å². The van der Waals surface area contributed by atoms with Crippen LogP contribution in [0, 0.1) is 13.8 Å². The predicted molar refractivity (Wildman–Crippen MR) is 81.8 cm³/mol. The van der Waals surface area contributed by atoms with Gasteiger partial charge < -0.3 is 10.3 Å². The fourth-order valence-corrected chi connectivity index (χ4v) is 2.90. The summed E-state index contributed by atoms with van der Waals surface area (Å²) in [4.78, 5) is 12.9. The van der Waals surface area contributed by atoms with Crippen molar-refractivity contribution >= 4 is 17.4 Å². The van der Waals surface area contributed by atoms with E-state index in [1.807, 2.05) is 0 Å². The number of thioether (sulfide) groups is 1. The van der Waals surface area contributed by atoms with Gasteiger partial charge in [-0.15, -0.1) is 11.8 Å². The first-order valence-electron chi connectivity index (χ1n) is 6.22. The monoisotopic (exact) mass is 274 g/mol. The third kappa shape index (κ3) is 3.64. The Morgan fingerprint density at radius 1 is 1.21 bits per heavy atom. The highest BCUT2D eigenvalue weighted by Crippen LogP contribution is 2.23. The molecule has 0 aliphatic carbocycles. The molecule has 0 unspecified atom stereocenters. The highest BCUT2D eigenvalue weighted by Gasteiger charge is 2.01. The average Bonchev–Trinajstić information content (AvgIpc) is 2.36. The van der Waals surface area contributed by atoms with Gasteiger partial charge in [-0.05, 0) is 31.5 Å². The number of nitrogens with two attached hydrogens (primary N) is 1. The van der Waals surface area contributed by atoms with Crippen LogP contribution in [0.5, 0.6) is 0 Å². The predicted octanol–water partition coefficient (Wildman–Crippen LogP) is 2.84. The minimum atomic E-state index is -0.00423. The SMILES string of the molecule is Cc1ccc(SCCn2cc(N)ccc2=O)c(C)c1. The third-order valence-corrected chi connectivity index (χ3v) is 4.08. The van der Waals surface area contributed by atoms with Gasteiger partial charge in [-0.2, -0.15) is 0 Å². The van der Waals surface area contributed by atoms with E-state index < -0.39 is 0 Å². The number of hydrogen-bond donors (Lipinski definition) is 1. The highest BCUT2D eigenvalue weighted by molar-refractivity contribution is 7.99. The molecular weight excluding hydrogens is 256 g/mol. The molecule has 4 heteroatoms. The number of benzene rings is 1. The van der Waals surface area contributed by atoms with Gasteiger partial charge >= 0.3 is 0 Å². The number of anilines is 1. The van der Waals surface area contributed by atoms with Crippen LogP contribution in [0.25, 0.3) is 0 Å². The zero-order valence-electron chi connectivity index (χ0n) is 11.2. The van der Waals surface area contributed by atoms with Crippen molar-refractivity contribution in [2.24, 2.45) is 0 Å². The Balaban J connectivity index is 2.00. The van der Waals surface area contributed by atoms with Crippen molar-refractivity contribution in [2.45, 2.75) is 25.3 Å². The Bertz CT molecular complexity index is 634. The molecule has 19 heavy (non-hydrogen) atoms. The molecule has 1 aromatic heterocycles. The molecule has 2 N–H and O–H groups in total. The van der Waals surface area contributed by atoms with Crippen molar-refractivity contribution in [1.82, 2.24) is 4.57 Å². The van der Waals surface area contributed by atoms with Crippen molar-refractivity contribution in [3.63, 3.8) is 0 Å². The molecule has 0 atom stereocenters. The number of pyridine rings is 1. The van der Waals surface area contributed by atoms with Gasteiger partial charge in [0.15, 0.2) is 0 Å². The lowest BCUT2D eigenvalue weighted by atomic mass is 10.2. The first-order chi connectivity index (χ1) is 9.06. The minimum absolute atomic E-state index is 0.00423. The van der Waals surface area contributed by atoms with Gasteiger partial charge in [0.1, 0.15) is 0 Å². The normalized spacial score (nSPS) is 10.6. The van der Waals surface area contributed by atoms with Crippen molar-refractivity contribution in [1.29, 1.82) is 0 Å². The van der Waals surface area contributed by atoms with Crippen LogP contribution < -0.4 is 11.3 Å². The van der Waals surface area contributed by atoms with E-state index in [-0.39, 0.29) is 5.56 Å². The zero-order valence-corrected chi connectivity index (χ0v) is 12.0. The van der Waals surface area contributed by atoms with Crippen molar-refractivity contribution in [3.05, 3.63) is 58.0 Å². The van der Waals surface area contributed by atoms with Crippen LogP contribution in [0.15, 0.2) is 46.2 Å². The molecule has 0 aliphatic rings. The molecule has 0 saturated heterocycles. The lowest BCUT2D eigenvalue weighted by molar-refractivity contribution is 0.737. The Hall–Kier alpha value is -1.68. The lowest BCUT2D eigenvalue weighted by Crippen LogP contribution is -2.19. The molecule has 0 bridgehead atoms. The second-order valence-electron chi connectivity index (χ2n) is 4.61. The quantitative estimate of drug-likeness (QED) is 0.872. The maximum Gasteiger partial charge on any atom is 0.250 e. The Morgan fingerprint density at radius 2 is 2.00 bits per heavy atom. The number of aromatic nitrogens is 1. The van der Waals surface area contributed by atoms with E-state index in [1.165, 1.54) is 22.1 Å². The molecule has 0 saturated carbocycles. The third-order valence-electron chi connectivity index (χ3n) is 2.93. The Kier molecular flexibility index (Phi) is 4.32. The second kappa shape index (κ2) is 5.97. The van der Waals surface area contributed by atoms with Crippen molar-refractivity contribution in [2.75, 3.05) is 11.5 Å². The molecular formula is C15H18N2OS. The molecule has 0 fully saturated rings. The summed E-state index contributed by atoms with van der Waals surface area (Å²) in [6.07, 6.45) is 1.70. The van der Waals surface area contributed by atoms with Crippen LogP contribution in [-0.4, -0.2) is 10.3 Å². The molecule has 2 aromatic rings. The molecule has 1 heterocycles. The van der Waals surface area contributed by atoms with Crippen LogP contribution in [-0.2, 0) is 6.54 Å². The van der Waals surface area contributed by atoms with E-state index in [4.69, 9.17) is 5.73 Å². The van der Waals surface area contributed by atoms with Gasteiger partial charge in [-0.3, -0.25) is 4.79 Å². The summed E-state index contributed by atoms with van der Waals surface area (Å²) in [5.74, 6) is 0.854. The summed E-state index contributed by atoms with van der Waals surface area (Å²) < 4.78 is 1.66. The fourth-order valence-electron chi connectivity index (χ4n) is 1.94. The Morgan fingerprint density at radius 3 is 2.74 bits per heavy atom. The van der Waals surface area contributed by atoms with Crippen LogP contribution in [0.4, 0.5) is 5.69 Å². The molecule has 1 aromatic carbocycles.